The maximum absolute atomic E-state index is 13.0. The Bertz CT molecular complexity index is 1670. The van der Waals surface area contributed by atoms with Crippen LogP contribution in [0, 0.1) is 11.3 Å². The zero-order chi connectivity index (χ0) is 29.8. The molecule has 0 spiro atoms. The monoisotopic (exact) mass is 564 g/mol. The van der Waals surface area contributed by atoms with Crippen molar-refractivity contribution >= 4 is 39.9 Å². The zero-order valence-electron chi connectivity index (χ0n) is 23.7. The van der Waals surface area contributed by atoms with Crippen LogP contribution in [0.15, 0.2) is 77.8 Å². The molecule has 0 bridgehead atoms. The van der Waals surface area contributed by atoms with Crippen molar-refractivity contribution in [1.29, 1.82) is 5.26 Å². The number of hydrogen-bond donors (Lipinski definition) is 2. The lowest BCUT2D eigenvalue weighted by atomic mass is 10.00. The molecule has 1 saturated heterocycles. The number of aromatic amines is 1. The lowest BCUT2D eigenvalue weighted by Gasteiger charge is -2.36. The number of anilines is 1. The summed E-state index contributed by atoms with van der Waals surface area (Å²) in [6.45, 7) is 2.24. The molecular formula is C32H32N6O4. The number of fused-ring (bicyclic) bond motifs is 1. The van der Waals surface area contributed by atoms with Gasteiger partial charge in [0, 0.05) is 48.8 Å². The van der Waals surface area contributed by atoms with Crippen LogP contribution in [-0.2, 0) is 9.53 Å². The average molecular weight is 565 g/mol. The number of aromatic nitrogens is 1. The van der Waals surface area contributed by atoms with E-state index in [0.29, 0.717) is 40.0 Å². The topological polar surface area (TPSA) is 125 Å². The fraction of sp³-hybridized carbons (Fsp3) is 0.250. The number of nitrogens with one attached hydrogen (secondary N) is 1. The number of hydrogen-bond acceptors (Lipinski definition) is 8. The van der Waals surface area contributed by atoms with E-state index in [0.717, 1.165) is 24.3 Å². The van der Waals surface area contributed by atoms with Gasteiger partial charge in [-0.1, -0.05) is 36.4 Å². The predicted octanol–water partition coefficient (Wildman–Crippen LogP) is 3.93. The number of benzene rings is 3. The fourth-order valence-electron chi connectivity index (χ4n) is 5.06. The minimum absolute atomic E-state index is 0.0625. The normalized spacial score (nSPS) is 16.2. The zero-order valence-corrected chi connectivity index (χ0v) is 23.7. The van der Waals surface area contributed by atoms with Crippen LogP contribution >= 0.6 is 0 Å². The lowest BCUT2D eigenvalue weighted by molar-refractivity contribution is -0.120. The van der Waals surface area contributed by atoms with E-state index >= 15 is 0 Å². The van der Waals surface area contributed by atoms with Gasteiger partial charge in [-0.15, -0.1) is 0 Å². The first-order valence-electron chi connectivity index (χ1n) is 13.6. The van der Waals surface area contributed by atoms with Crippen molar-refractivity contribution in [2.45, 2.75) is 6.04 Å². The molecule has 0 aliphatic carbocycles. The van der Waals surface area contributed by atoms with Crippen molar-refractivity contribution in [2.75, 3.05) is 52.3 Å². The van der Waals surface area contributed by atoms with Gasteiger partial charge in [0.15, 0.2) is 5.88 Å². The fourth-order valence-corrected chi connectivity index (χ4v) is 5.06. The van der Waals surface area contributed by atoms with Crippen molar-refractivity contribution in [3.8, 4) is 11.9 Å². The number of carbonyl (C=O) groups excluding carboxylic acids is 2. The van der Waals surface area contributed by atoms with Crippen molar-refractivity contribution in [2.24, 2.45) is 4.99 Å². The van der Waals surface area contributed by atoms with E-state index in [2.05, 4.69) is 11.1 Å². The van der Waals surface area contributed by atoms with Crippen LogP contribution in [0.4, 0.5) is 11.4 Å². The summed E-state index contributed by atoms with van der Waals surface area (Å²) in [5.41, 5.74) is 4.14. The van der Waals surface area contributed by atoms with E-state index < -0.39 is 5.97 Å². The molecule has 3 aromatic carbocycles. The van der Waals surface area contributed by atoms with Crippen LogP contribution in [0.25, 0.3) is 10.9 Å². The molecule has 4 aromatic rings. The molecular weight excluding hydrogens is 532 g/mol. The lowest BCUT2D eigenvalue weighted by Crippen LogP contribution is -2.53. The first kappa shape index (κ1) is 28.5. The molecule has 1 amide bonds. The summed E-state index contributed by atoms with van der Waals surface area (Å²) in [6, 6.07) is 24.0. The SMILES string of the molecule is COC(=O)c1ccc2c(C(=Nc3ccc(N(C)C(=O)CN4CCN(C)C(C#N)C4)cc3)c3ccccc3)c(O)[nH]c2c1. The Morgan fingerprint density at radius 2 is 1.83 bits per heavy atom. The second-order valence-corrected chi connectivity index (χ2v) is 10.3. The third-order valence-corrected chi connectivity index (χ3v) is 7.58. The van der Waals surface area contributed by atoms with Crippen LogP contribution in [0.1, 0.15) is 21.5 Å². The van der Waals surface area contributed by atoms with Crippen molar-refractivity contribution < 1.29 is 19.4 Å². The van der Waals surface area contributed by atoms with Gasteiger partial charge in [-0.25, -0.2) is 9.79 Å². The average Bonchev–Trinajstić information content (AvgIpc) is 3.35. The van der Waals surface area contributed by atoms with E-state index in [4.69, 9.17) is 9.73 Å². The van der Waals surface area contributed by atoms with Gasteiger partial charge < -0.3 is 19.7 Å². The first-order valence-corrected chi connectivity index (χ1v) is 13.6. The molecule has 10 nitrogen and oxygen atoms in total. The second kappa shape index (κ2) is 12.3. The molecule has 1 atom stereocenters. The Kier molecular flexibility index (Phi) is 8.33. The van der Waals surface area contributed by atoms with E-state index in [-0.39, 0.29) is 24.4 Å². The number of piperazine rings is 1. The summed E-state index contributed by atoms with van der Waals surface area (Å²) in [6.07, 6.45) is 0. The molecule has 2 N–H and O–H groups in total. The van der Waals surface area contributed by atoms with Gasteiger partial charge >= 0.3 is 5.97 Å². The van der Waals surface area contributed by atoms with Crippen molar-refractivity contribution in [1.82, 2.24) is 14.8 Å². The van der Waals surface area contributed by atoms with E-state index in [1.165, 1.54) is 7.11 Å². The number of aliphatic imine (C=N–C) groups is 1. The van der Waals surface area contributed by atoms with Gasteiger partial charge in [0.1, 0.15) is 6.04 Å². The van der Waals surface area contributed by atoms with E-state index in [1.54, 1.807) is 30.1 Å². The molecule has 1 aliphatic heterocycles. The maximum atomic E-state index is 13.0. The highest BCUT2D eigenvalue weighted by molar-refractivity contribution is 6.22. The summed E-state index contributed by atoms with van der Waals surface area (Å²) in [4.78, 5) is 38.6. The third-order valence-electron chi connectivity index (χ3n) is 7.58. The van der Waals surface area contributed by atoms with Gasteiger partial charge in [0.25, 0.3) is 0 Å². The molecule has 1 unspecified atom stereocenters. The van der Waals surface area contributed by atoms with Crippen LogP contribution in [0.3, 0.4) is 0 Å². The summed E-state index contributed by atoms with van der Waals surface area (Å²) in [7, 11) is 4.98. The molecule has 214 valence electrons. The number of nitriles is 1. The molecule has 0 radical (unpaired) electrons. The summed E-state index contributed by atoms with van der Waals surface area (Å²) >= 11 is 0. The molecule has 1 fully saturated rings. The highest BCUT2D eigenvalue weighted by Gasteiger charge is 2.26. The Labute approximate surface area is 244 Å². The van der Waals surface area contributed by atoms with Crippen LogP contribution in [0.2, 0.25) is 0 Å². The number of esters is 1. The number of aromatic hydroxyl groups is 1. The number of H-pyrrole nitrogens is 1. The van der Waals surface area contributed by atoms with Crippen LogP contribution < -0.4 is 4.90 Å². The minimum Gasteiger partial charge on any atom is -0.494 e. The molecule has 42 heavy (non-hydrogen) atoms. The standard InChI is InChI=1S/C32H32N6O4/c1-36-15-16-38(19-25(36)18-33)20-28(39)37(2)24-12-10-23(11-13-24)34-30(21-7-5-4-6-8-21)29-26-14-9-22(32(41)42-3)17-27(26)35-31(29)40/h4-14,17,25,35,40H,15-16,19-20H2,1-3H3. The number of carbonyl (C=O) groups is 2. The largest absolute Gasteiger partial charge is 0.494 e. The Hall–Kier alpha value is -4.98. The molecule has 5 rings (SSSR count). The van der Waals surface area contributed by atoms with Crippen LogP contribution in [0.5, 0.6) is 5.88 Å². The summed E-state index contributed by atoms with van der Waals surface area (Å²) in [5.74, 6) is -0.602. The molecule has 1 aliphatic rings. The highest BCUT2D eigenvalue weighted by atomic mass is 16.5. The Balaban J connectivity index is 1.42. The first-order chi connectivity index (χ1) is 20.3. The van der Waals surface area contributed by atoms with Gasteiger partial charge in [-0.3, -0.25) is 14.6 Å². The van der Waals surface area contributed by atoms with Gasteiger partial charge in [0.05, 0.1) is 42.2 Å². The van der Waals surface area contributed by atoms with Gasteiger partial charge in [-0.05, 0) is 43.4 Å². The molecule has 0 saturated carbocycles. The summed E-state index contributed by atoms with van der Waals surface area (Å²) < 4.78 is 4.83. The number of nitrogens with zero attached hydrogens (tertiary/aromatic N) is 5. The number of likely N-dealkylation sites (N-methyl/N-ethyl adjacent to an activating group) is 2. The van der Waals surface area contributed by atoms with Crippen LogP contribution in [-0.4, -0.2) is 90.9 Å². The second-order valence-electron chi connectivity index (χ2n) is 10.3. The molecule has 10 heteroatoms. The quantitative estimate of drug-likeness (QED) is 0.257. The Morgan fingerprint density at radius 1 is 1.10 bits per heavy atom. The third kappa shape index (κ3) is 5.88. The molecule has 1 aromatic heterocycles. The highest BCUT2D eigenvalue weighted by Crippen LogP contribution is 2.32. The predicted molar refractivity (Wildman–Crippen MR) is 161 cm³/mol. The van der Waals surface area contributed by atoms with E-state index in [1.807, 2.05) is 71.4 Å². The minimum atomic E-state index is -0.470. The number of ether oxygens (including phenoxy) is 1. The maximum Gasteiger partial charge on any atom is 0.337 e. The van der Waals surface area contributed by atoms with E-state index in [9.17, 15) is 20.0 Å². The number of amides is 1. The molecule has 2 heterocycles. The van der Waals surface area contributed by atoms with Crippen molar-refractivity contribution in [3.63, 3.8) is 0 Å². The van der Waals surface area contributed by atoms with Gasteiger partial charge in [-0.2, -0.15) is 5.26 Å². The summed E-state index contributed by atoms with van der Waals surface area (Å²) in [5, 5.41) is 21.0. The van der Waals surface area contributed by atoms with Crippen molar-refractivity contribution in [3.05, 3.63) is 89.5 Å². The smallest absolute Gasteiger partial charge is 0.337 e. The number of methoxy groups -OCH3 is 1. The van der Waals surface area contributed by atoms with Gasteiger partial charge in [0.2, 0.25) is 5.91 Å². The Morgan fingerprint density at radius 3 is 2.52 bits per heavy atom. The number of rotatable bonds is 7.